The van der Waals surface area contributed by atoms with E-state index in [-0.39, 0.29) is 5.91 Å². The lowest BCUT2D eigenvalue weighted by Crippen LogP contribution is -2.47. The van der Waals surface area contributed by atoms with E-state index in [9.17, 15) is 9.59 Å². The lowest BCUT2D eigenvalue weighted by Gasteiger charge is -2.30. The molecule has 0 aliphatic carbocycles. The molecule has 27 heavy (non-hydrogen) atoms. The van der Waals surface area contributed by atoms with Crippen LogP contribution < -0.4 is 4.90 Å². The van der Waals surface area contributed by atoms with Crippen LogP contribution in [0.4, 0.5) is 10.5 Å². The fourth-order valence-corrected chi connectivity index (χ4v) is 4.69. The van der Waals surface area contributed by atoms with Crippen LogP contribution in [0.3, 0.4) is 0 Å². The molecule has 1 aliphatic rings. The molecular weight excluding hydrogens is 451 g/mol. The van der Waals surface area contributed by atoms with E-state index in [2.05, 4.69) is 15.9 Å². The van der Waals surface area contributed by atoms with Crippen molar-refractivity contribution in [3.05, 3.63) is 61.5 Å². The second kappa shape index (κ2) is 7.12. The van der Waals surface area contributed by atoms with E-state index in [4.69, 9.17) is 23.2 Å². The first-order valence-corrected chi connectivity index (χ1v) is 9.93. The van der Waals surface area contributed by atoms with Crippen LogP contribution in [0.15, 0.2) is 34.8 Å². The maximum absolute atomic E-state index is 13.3. The van der Waals surface area contributed by atoms with E-state index in [1.165, 1.54) is 4.90 Å². The summed E-state index contributed by atoms with van der Waals surface area (Å²) < 4.78 is 0.990. The molecule has 0 bridgehead atoms. The van der Waals surface area contributed by atoms with Gasteiger partial charge in [-0.3, -0.25) is 4.79 Å². The highest BCUT2D eigenvalue weighted by atomic mass is 79.9. The van der Waals surface area contributed by atoms with Gasteiger partial charge in [-0.15, -0.1) is 0 Å². The summed E-state index contributed by atoms with van der Waals surface area (Å²) in [6, 6.07) is 8.34. The molecule has 1 saturated heterocycles. The topological polar surface area (TPSA) is 40.6 Å². The number of urea groups is 1. The van der Waals surface area contributed by atoms with Crippen molar-refractivity contribution in [2.75, 3.05) is 11.9 Å². The second-order valence-corrected chi connectivity index (χ2v) is 8.87. The zero-order valence-electron chi connectivity index (χ0n) is 15.4. The van der Waals surface area contributed by atoms with E-state index in [1.54, 1.807) is 32.2 Å². The summed E-state index contributed by atoms with van der Waals surface area (Å²) >= 11 is 15.6. The van der Waals surface area contributed by atoms with Crippen LogP contribution in [0.2, 0.25) is 10.0 Å². The first kappa shape index (κ1) is 20.2. The third-order valence-corrected chi connectivity index (χ3v) is 6.06. The Balaban J connectivity index is 2.04. The molecule has 1 fully saturated rings. The van der Waals surface area contributed by atoms with Gasteiger partial charge in [0.1, 0.15) is 5.54 Å². The zero-order valence-corrected chi connectivity index (χ0v) is 18.5. The molecule has 142 valence electrons. The van der Waals surface area contributed by atoms with Gasteiger partial charge in [-0.1, -0.05) is 39.1 Å². The number of imide groups is 1. The zero-order chi connectivity index (χ0) is 20.1. The number of carbonyl (C=O) groups is 2. The summed E-state index contributed by atoms with van der Waals surface area (Å²) in [4.78, 5) is 28.9. The third-order valence-electron chi connectivity index (χ3n) is 5.17. The normalized spacial score (nSPS) is 20.0. The van der Waals surface area contributed by atoms with Gasteiger partial charge in [0.15, 0.2) is 0 Å². The monoisotopic (exact) mass is 468 g/mol. The Hall–Kier alpha value is -1.56. The smallest absolute Gasteiger partial charge is 0.312 e. The van der Waals surface area contributed by atoms with Gasteiger partial charge in [-0.25, -0.2) is 9.69 Å². The quantitative estimate of drug-likeness (QED) is 0.535. The molecule has 1 unspecified atom stereocenters. The van der Waals surface area contributed by atoms with Crippen LogP contribution in [-0.4, -0.2) is 29.4 Å². The molecule has 3 amide bonds. The summed E-state index contributed by atoms with van der Waals surface area (Å²) in [5.74, 6) is -0.296. The Kier molecular flexibility index (Phi) is 5.32. The van der Waals surface area contributed by atoms with E-state index in [0.717, 1.165) is 26.1 Å². The number of nitrogens with zero attached hydrogens (tertiary/aromatic N) is 2. The minimum absolute atomic E-state index is 0.296. The lowest BCUT2D eigenvalue weighted by atomic mass is 9.87. The van der Waals surface area contributed by atoms with Gasteiger partial charge < -0.3 is 4.90 Å². The summed E-state index contributed by atoms with van der Waals surface area (Å²) in [6.07, 6.45) is 0.420. The Morgan fingerprint density at radius 3 is 2.04 bits per heavy atom. The number of benzene rings is 2. The highest BCUT2D eigenvalue weighted by Gasteiger charge is 2.53. The van der Waals surface area contributed by atoms with Gasteiger partial charge in [-0.05, 0) is 67.8 Å². The molecule has 0 saturated carbocycles. The van der Waals surface area contributed by atoms with Gasteiger partial charge in [0, 0.05) is 28.0 Å². The molecule has 4 nitrogen and oxygen atoms in total. The van der Waals surface area contributed by atoms with Gasteiger partial charge in [-0.2, -0.15) is 0 Å². The molecule has 0 spiro atoms. The van der Waals surface area contributed by atoms with Crippen molar-refractivity contribution in [2.45, 2.75) is 32.7 Å². The molecule has 2 aromatic rings. The van der Waals surface area contributed by atoms with Crippen molar-refractivity contribution >= 4 is 56.8 Å². The first-order valence-electron chi connectivity index (χ1n) is 8.38. The van der Waals surface area contributed by atoms with Gasteiger partial charge in [0.25, 0.3) is 5.91 Å². The fraction of sp³-hybridized carbons (Fsp3) is 0.300. The lowest BCUT2D eigenvalue weighted by molar-refractivity contribution is -0.123. The van der Waals surface area contributed by atoms with Gasteiger partial charge >= 0.3 is 6.03 Å². The standard InChI is InChI=1S/C20H19BrCl2N2O2/c1-11-5-13(21)6-12(2)17(11)10-20(3)18(26)25(19(27)24(20)4)16-8-14(22)7-15(23)9-16/h5-9H,10H2,1-4H3. The van der Waals surface area contributed by atoms with Crippen LogP contribution >= 0.6 is 39.1 Å². The number of carbonyl (C=O) groups excluding carboxylic acids is 2. The maximum Gasteiger partial charge on any atom is 0.332 e. The minimum Gasteiger partial charge on any atom is -0.312 e. The molecule has 0 radical (unpaired) electrons. The van der Waals surface area contributed by atoms with Crippen molar-refractivity contribution < 1.29 is 9.59 Å². The van der Waals surface area contributed by atoms with Crippen LogP contribution in [0.25, 0.3) is 0 Å². The molecule has 2 aromatic carbocycles. The summed E-state index contributed by atoms with van der Waals surface area (Å²) in [5, 5.41) is 0.739. The Morgan fingerprint density at radius 2 is 1.52 bits per heavy atom. The van der Waals surface area contributed by atoms with Crippen molar-refractivity contribution in [1.29, 1.82) is 0 Å². The Bertz CT molecular complexity index is 920. The number of anilines is 1. The molecule has 7 heteroatoms. The van der Waals surface area contributed by atoms with Crippen molar-refractivity contribution in [3.63, 3.8) is 0 Å². The van der Waals surface area contributed by atoms with Crippen LogP contribution in [0.5, 0.6) is 0 Å². The fourth-order valence-electron chi connectivity index (χ4n) is 3.49. The van der Waals surface area contributed by atoms with E-state index < -0.39 is 11.6 Å². The van der Waals surface area contributed by atoms with E-state index in [1.807, 2.05) is 26.0 Å². The molecule has 3 rings (SSSR count). The number of hydrogen-bond acceptors (Lipinski definition) is 2. The van der Waals surface area contributed by atoms with Crippen molar-refractivity contribution in [3.8, 4) is 0 Å². The average Bonchev–Trinajstić information content (AvgIpc) is 2.71. The molecule has 0 N–H and O–H groups in total. The highest BCUT2D eigenvalue weighted by Crippen LogP contribution is 2.37. The summed E-state index contributed by atoms with van der Waals surface area (Å²) in [6.45, 7) is 5.80. The van der Waals surface area contributed by atoms with Crippen LogP contribution in [0, 0.1) is 13.8 Å². The molecule has 1 heterocycles. The second-order valence-electron chi connectivity index (χ2n) is 7.08. The SMILES string of the molecule is Cc1cc(Br)cc(C)c1CC1(C)C(=O)N(c2cc(Cl)cc(Cl)c2)C(=O)N1C. The Morgan fingerprint density at radius 1 is 1.00 bits per heavy atom. The summed E-state index contributed by atoms with van der Waals surface area (Å²) in [5.41, 5.74) is 2.57. The number of amides is 3. The molecule has 0 aromatic heterocycles. The molecular formula is C20H19BrCl2N2O2. The Labute approximate surface area is 177 Å². The number of hydrogen-bond donors (Lipinski definition) is 0. The van der Waals surface area contributed by atoms with E-state index >= 15 is 0 Å². The van der Waals surface area contributed by atoms with Gasteiger partial charge in [0.05, 0.1) is 5.69 Å². The molecule has 1 aliphatic heterocycles. The highest BCUT2D eigenvalue weighted by molar-refractivity contribution is 9.10. The first-order chi connectivity index (χ1) is 12.5. The number of likely N-dealkylation sites (N-methyl/N-ethyl adjacent to an activating group) is 1. The number of halogens is 3. The van der Waals surface area contributed by atoms with Gasteiger partial charge in [0.2, 0.25) is 0 Å². The summed E-state index contributed by atoms with van der Waals surface area (Å²) in [7, 11) is 1.65. The third kappa shape index (κ3) is 3.48. The van der Waals surface area contributed by atoms with Crippen LogP contribution in [0.1, 0.15) is 23.6 Å². The number of rotatable bonds is 3. The maximum atomic E-state index is 13.3. The van der Waals surface area contributed by atoms with Crippen molar-refractivity contribution in [2.24, 2.45) is 0 Å². The average molecular weight is 470 g/mol. The predicted molar refractivity (Wildman–Crippen MR) is 113 cm³/mol. The largest absolute Gasteiger partial charge is 0.332 e. The van der Waals surface area contributed by atoms with Crippen LogP contribution in [-0.2, 0) is 11.2 Å². The number of aryl methyl sites for hydroxylation is 2. The van der Waals surface area contributed by atoms with E-state index in [0.29, 0.717) is 22.2 Å². The molecule has 1 atom stereocenters. The minimum atomic E-state index is -1.00. The predicted octanol–water partition coefficient (Wildman–Crippen LogP) is 5.77. The van der Waals surface area contributed by atoms with Crippen molar-refractivity contribution in [1.82, 2.24) is 4.90 Å².